The molecule has 0 aliphatic carbocycles. The fourth-order valence-corrected chi connectivity index (χ4v) is 3.74. The van der Waals surface area contributed by atoms with Gasteiger partial charge in [0.05, 0.1) is 6.61 Å². The smallest absolute Gasteiger partial charge is 0.408 e. The second-order valence-electron chi connectivity index (χ2n) is 9.75. The molecule has 2 rings (SSSR count). The predicted molar refractivity (Wildman–Crippen MR) is 144 cm³/mol. The Kier molecular flexibility index (Phi) is 11.3. The molecule has 0 heterocycles. The number of nitrogens with zero attached hydrogens (tertiary/aromatic N) is 1. The first-order valence-electron chi connectivity index (χ1n) is 12.5. The average Bonchev–Trinajstić information content (AvgIpc) is 2.87. The van der Waals surface area contributed by atoms with Gasteiger partial charge in [0.1, 0.15) is 17.7 Å². The number of ether oxygens (including phenoxy) is 1. The number of carbonyl (C=O) groups excluding carboxylic acids is 3. The van der Waals surface area contributed by atoms with Crippen LogP contribution in [-0.2, 0) is 20.9 Å². The maximum absolute atomic E-state index is 13.7. The molecule has 0 saturated carbocycles. The van der Waals surface area contributed by atoms with E-state index in [0.717, 1.165) is 17.5 Å². The van der Waals surface area contributed by atoms with Crippen LogP contribution in [0.1, 0.15) is 63.3 Å². The van der Waals surface area contributed by atoms with Crippen molar-refractivity contribution in [3.05, 3.63) is 77.9 Å². The molecule has 8 heteroatoms. The van der Waals surface area contributed by atoms with Crippen LogP contribution < -0.4 is 10.6 Å². The molecule has 2 unspecified atom stereocenters. The van der Waals surface area contributed by atoms with Crippen molar-refractivity contribution in [3.63, 3.8) is 0 Å². The van der Waals surface area contributed by atoms with Crippen LogP contribution in [0.2, 0.25) is 0 Å². The Balaban J connectivity index is 2.42. The molecule has 3 amide bonds. The van der Waals surface area contributed by atoms with Gasteiger partial charge in [-0.05, 0) is 49.9 Å². The molecule has 37 heavy (non-hydrogen) atoms. The molecule has 200 valence electrons. The highest BCUT2D eigenvalue weighted by molar-refractivity contribution is 5.92. The minimum absolute atomic E-state index is 0.254. The molecular formula is C29H39N3O5. The highest BCUT2D eigenvalue weighted by Gasteiger charge is 2.35. The Labute approximate surface area is 219 Å². The van der Waals surface area contributed by atoms with Crippen LogP contribution in [0.25, 0.3) is 6.08 Å². The third-order valence-corrected chi connectivity index (χ3v) is 5.54. The van der Waals surface area contributed by atoms with E-state index in [1.807, 2.05) is 43.3 Å². The van der Waals surface area contributed by atoms with Crippen molar-refractivity contribution in [3.8, 4) is 0 Å². The van der Waals surface area contributed by atoms with Crippen molar-refractivity contribution in [2.75, 3.05) is 13.2 Å². The largest absolute Gasteiger partial charge is 0.444 e. The third-order valence-electron chi connectivity index (χ3n) is 5.54. The summed E-state index contributed by atoms with van der Waals surface area (Å²) in [6, 6.07) is 14.4. The van der Waals surface area contributed by atoms with E-state index in [0.29, 0.717) is 12.0 Å². The summed E-state index contributed by atoms with van der Waals surface area (Å²) in [5.41, 5.74) is 1.54. The molecule has 0 aliphatic heterocycles. The lowest BCUT2D eigenvalue weighted by atomic mass is 10.00. The highest BCUT2D eigenvalue weighted by atomic mass is 16.6. The number of aliphatic hydroxyl groups is 1. The van der Waals surface area contributed by atoms with Crippen LogP contribution >= 0.6 is 0 Å². The Hall–Kier alpha value is -3.65. The summed E-state index contributed by atoms with van der Waals surface area (Å²) in [7, 11) is 0. The van der Waals surface area contributed by atoms with Gasteiger partial charge in [-0.1, -0.05) is 74.5 Å². The Bertz CT molecular complexity index is 1050. The van der Waals surface area contributed by atoms with E-state index in [1.165, 1.54) is 4.90 Å². The molecule has 8 nitrogen and oxygen atoms in total. The first-order chi connectivity index (χ1) is 17.6. The van der Waals surface area contributed by atoms with E-state index in [9.17, 15) is 19.5 Å². The SMILES string of the molecule is C=Cc1cccc(C(C(=O)NCc2ccccc2)N(CCCC)C(=O)C(CO)NC(=O)OC(C)(C)C)c1. The number of unbranched alkanes of at least 4 members (excludes halogenated alkanes) is 1. The van der Waals surface area contributed by atoms with E-state index in [4.69, 9.17) is 4.74 Å². The second kappa shape index (κ2) is 14.2. The Morgan fingerprint density at radius 3 is 2.41 bits per heavy atom. The van der Waals surface area contributed by atoms with Gasteiger partial charge in [0.25, 0.3) is 0 Å². The van der Waals surface area contributed by atoms with Gasteiger partial charge < -0.3 is 25.4 Å². The van der Waals surface area contributed by atoms with Crippen molar-refractivity contribution in [1.29, 1.82) is 0 Å². The molecule has 0 saturated heterocycles. The van der Waals surface area contributed by atoms with E-state index in [1.54, 1.807) is 45.0 Å². The van der Waals surface area contributed by atoms with Crippen LogP contribution in [-0.4, -0.2) is 52.7 Å². The van der Waals surface area contributed by atoms with Crippen molar-refractivity contribution in [2.24, 2.45) is 0 Å². The van der Waals surface area contributed by atoms with Crippen LogP contribution in [0.3, 0.4) is 0 Å². The van der Waals surface area contributed by atoms with E-state index in [2.05, 4.69) is 17.2 Å². The van der Waals surface area contributed by atoms with E-state index in [-0.39, 0.29) is 19.0 Å². The van der Waals surface area contributed by atoms with Gasteiger partial charge in [-0.2, -0.15) is 0 Å². The number of hydrogen-bond acceptors (Lipinski definition) is 5. The summed E-state index contributed by atoms with van der Waals surface area (Å²) >= 11 is 0. The number of rotatable bonds is 12. The van der Waals surface area contributed by atoms with Crippen LogP contribution in [0.15, 0.2) is 61.2 Å². The molecule has 2 aromatic rings. The molecule has 0 fully saturated rings. The molecule has 2 atom stereocenters. The highest BCUT2D eigenvalue weighted by Crippen LogP contribution is 2.25. The summed E-state index contributed by atoms with van der Waals surface area (Å²) < 4.78 is 5.27. The average molecular weight is 510 g/mol. The van der Waals surface area contributed by atoms with Crippen molar-refractivity contribution in [2.45, 2.75) is 64.8 Å². The standard InChI is InChI=1S/C29H39N3O5/c1-6-8-17-32(27(35)24(20-33)31-28(36)37-29(3,4)5)25(23-16-12-15-21(7-2)18-23)26(34)30-19-22-13-10-9-11-14-22/h7,9-16,18,24-25,33H,2,6,8,17,19-20H2,1,3-5H3,(H,30,34)(H,31,36). The summed E-state index contributed by atoms with van der Waals surface area (Å²) in [6.45, 7) is 10.8. The minimum Gasteiger partial charge on any atom is -0.444 e. The first kappa shape index (κ1) is 29.6. The topological polar surface area (TPSA) is 108 Å². The van der Waals surface area contributed by atoms with Crippen molar-refractivity contribution < 1.29 is 24.2 Å². The Morgan fingerprint density at radius 1 is 1.11 bits per heavy atom. The van der Waals surface area contributed by atoms with Crippen LogP contribution in [0.5, 0.6) is 0 Å². The molecule has 0 aromatic heterocycles. The molecule has 2 aromatic carbocycles. The van der Waals surface area contributed by atoms with Gasteiger partial charge in [0.2, 0.25) is 11.8 Å². The minimum atomic E-state index is -1.28. The summed E-state index contributed by atoms with van der Waals surface area (Å²) in [5, 5.41) is 15.4. The molecule has 0 aliphatic rings. The summed E-state index contributed by atoms with van der Waals surface area (Å²) in [5.74, 6) is -0.950. The van der Waals surface area contributed by atoms with E-state index < -0.39 is 36.3 Å². The predicted octanol–water partition coefficient (Wildman–Crippen LogP) is 4.20. The van der Waals surface area contributed by atoms with Crippen LogP contribution in [0.4, 0.5) is 4.79 Å². The number of alkyl carbamates (subject to hydrolysis) is 1. The number of nitrogens with one attached hydrogen (secondary N) is 2. The van der Waals surface area contributed by atoms with Gasteiger partial charge in [-0.25, -0.2) is 4.79 Å². The molecule has 0 spiro atoms. The monoisotopic (exact) mass is 509 g/mol. The molecule has 0 radical (unpaired) electrons. The zero-order valence-electron chi connectivity index (χ0n) is 22.2. The van der Waals surface area contributed by atoms with Crippen molar-refractivity contribution in [1.82, 2.24) is 15.5 Å². The molecular weight excluding hydrogens is 470 g/mol. The number of carbonyl (C=O) groups is 3. The second-order valence-corrected chi connectivity index (χ2v) is 9.75. The van der Waals surface area contributed by atoms with Gasteiger partial charge in [0.15, 0.2) is 0 Å². The maximum Gasteiger partial charge on any atom is 0.408 e. The fourth-order valence-electron chi connectivity index (χ4n) is 3.74. The van der Waals surface area contributed by atoms with Crippen molar-refractivity contribution >= 4 is 24.0 Å². The number of benzene rings is 2. The lowest BCUT2D eigenvalue weighted by Crippen LogP contribution is -2.54. The number of aliphatic hydroxyl groups excluding tert-OH is 1. The lowest BCUT2D eigenvalue weighted by Gasteiger charge is -2.34. The third kappa shape index (κ3) is 9.38. The number of amides is 3. The molecule has 3 N–H and O–H groups in total. The van der Waals surface area contributed by atoms with E-state index >= 15 is 0 Å². The normalized spacial score (nSPS) is 12.7. The van der Waals surface area contributed by atoms with Crippen LogP contribution in [0, 0.1) is 0 Å². The van der Waals surface area contributed by atoms with Gasteiger partial charge in [-0.3, -0.25) is 9.59 Å². The zero-order chi connectivity index (χ0) is 27.4. The Morgan fingerprint density at radius 2 is 1.81 bits per heavy atom. The van der Waals surface area contributed by atoms with Gasteiger partial charge >= 0.3 is 6.09 Å². The first-order valence-corrected chi connectivity index (χ1v) is 12.5. The lowest BCUT2D eigenvalue weighted by molar-refractivity contribution is -0.143. The fraction of sp³-hybridized carbons (Fsp3) is 0.414. The quantitative estimate of drug-likeness (QED) is 0.397. The zero-order valence-corrected chi connectivity index (χ0v) is 22.2. The van der Waals surface area contributed by atoms with Gasteiger partial charge in [0, 0.05) is 13.1 Å². The maximum atomic E-state index is 13.7. The van der Waals surface area contributed by atoms with Gasteiger partial charge in [-0.15, -0.1) is 0 Å². The summed E-state index contributed by atoms with van der Waals surface area (Å²) in [4.78, 5) is 41.2. The molecule has 0 bridgehead atoms. The number of hydrogen-bond donors (Lipinski definition) is 3. The summed E-state index contributed by atoms with van der Waals surface area (Å²) in [6.07, 6.45) is 2.24.